The highest BCUT2D eigenvalue weighted by molar-refractivity contribution is 6.46. The molecule has 2 amide bonds. The molecule has 0 spiro atoms. The van der Waals surface area contributed by atoms with E-state index < -0.39 is 0 Å². The molecule has 0 N–H and O–H groups in total. The predicted octanol–water partition coefficient (Wildman–Crippen LogP) is 5.30. The second-order valence-corrected chi connectivity index (χ2v) is 8.41. The summed E-state index contributed by atoms with van der Waals surface area (Å²) < 4.78 is 0. The Morgan fingerprint density at radius 1 is 0.839 bits per heavy atom. The van der Waals surface area contributed by atoms with E-state index in [2.05, 4.69) is 6.07 Å². The van der Waals surface area contributed by atoms with Crippen LogP contribution in [0.25, 0.3) is 5.57 Å². The van der Waals surface area contributed by atoms with Gasteiger partial charge in [-0.05, 0) is 72.9 Å². The average molecular weight is 429 g/mol. The molecule has 2 aliphatic heterocycles. The summed E-state index contributed by atoms with van der Waals surface area (Å²) in [6.45, 7) is 4.65. The molecule has 3 aromatic carbocycles. The van der Waals surface area contributed by atoms with Gasteiger partial charge in [-0.2, -0.15) is 0 Å². The number of hydrogen-bond acceptors (Lipinski definition) is 3. The third kappa shape index (κ3) is 3.15. The summed E-state index contributed by atoms with van der Waals surface area (Å²) in [6, 6.07) is 20.8. The van der Waals surface area contributed by atoms with Crippen LogP contribution in [0.4, 0.5) is 11.4 Å². The molecule has 5 heteroatoms. The number of carbonyl (C=O) groups is 2. The van der Waals surface area contributed by atoms with Crippen LogP contribution in [-0.2, 0) is 16.0 Å². The van der Waals surface area contributed by atoms with Crippen molar-refractivity contribution < 1.29 is 9.59 Å². The maximum absolute atomic E-state index is 13.7. The van der Waals surface area contributed by atoms with Gasteiger partial charge in [-0.25, -0.2) is 4.90 Å². The third-order valence-corrected chi connectivity index (χ3v) is 6.35. The van der Waals surface area contributed by atoms with E-state index in [0.717, 1.165) is 23.2 Å². The summed E-state index contributed by atoms with van der Waals surface area (Å²) in [5.41, 5.74) is 6.42. The summed E-state index contributed by atoms with van der Waals surface area (Å²) >= 11 is 6.08. The lowest BCUT2D eigenvalue weighted by atomic mass is 10.0. The van der Waals surface area contributed by atoms with Crippen molar-refractivity contribution in [2.75, 3.05) is 16.3 Å². The van der Waals surface area contributed by atoms with E-state index in [1.54, 1.807) is 24.3 Å². The molecule has 31 heavy (non-hydrogen) atoms. The second-order valence-electron chi connectivity index (χ2n) is 7.98. The van der Waals surface area contributed by atoms with E-state index in [1.807, 2.05) is 55.1 Å². The lowest BCUT2D eigenvalue weighted by Crippen LogP contribution is -2.35. The first-order chi connectivity index (χ1) is 15.0. The molecule has 0 atom stereocenters. The van der Waals surface area contributed by atoms with Gasteiger partial charge in [0.05, 0.1) is 11.3 Å². The first-order valence-electron chi connectivity index (χ1n) is 10.3. The largest absolute Gasteiger partial charge is 0.336 e. The molecule has 5 rings (SSSR count). The third-order valence-electron chi connectivity index (χ3n) is 6.10. The molecule has 154 valence electrons. The zero-order valence-corrected chi connectivity index (χ0v) is 18.1. The molecular formula is C26H21ClN2O2. The number of nitrogens with zero attached hydrogens (tertiary/aromatic N) is 2. The van der Waals surface area contributed by atoms with E-state index in [4.69, 9.17) is 11.6 Å². The smallest absolute Gasteiger partial charge is 0.282 e. The Labute approximate surface area is 186 Å². The molecule has 0 saturated carbocycles. The van der Waals surface area contributed by atoms with Gasteiger partial charge in [-0.15, -0.1) is 0 Å². The van der Waals surface area contributed by atoms with E-state index in [0.29, 0.717) is 34.1 Å². The van der Waals surface area contributed by atoms with Crippen LogP contribution in [0.1, 0.15) is 22.3 Å². The minimum absolute atomic E-state index is 0.296. The zero-order valence-electron chi connectivity index (χ0n) is 17.4. The number of halogens is 1. The molecule has 3 aromatic rings. The molecule has 2 heterocycles. The molecule has 0 aliphatic carbocycles. The number of anilines is 2. The number of aryl methyl sites for hydroxylation is 2. The number of carbonyl (C=O) groups excluding carboxylic acids is 2. The maximum atomic E-state index is 13.7. The molecule has 0 fully saturated rings. The molecule has 0 bridgehead atoms. The van der Waals surface area contributed by atoms with Crippen LogP contribution < -0.4 is 9.80 Å². The molecule has 0 unspecified atom stereocenters. The van der Waals surface area contributed by atoms with Crippen molar-refractivity contribution in [3.8, 4) is 0 Å². The Morgan fingerprint density at radius 2 is 1.58 bits per heavy atom. The number of rotatable bonds is 3. The fraction of sp³-hybridized carbons (Fsp3) is 0.154. The Hall–Kier alpha value is -3.37. The van der Waals surface area contributed by atoms with Crippen LogP contribution >= 0.6 is 11.6 Å². The first kappa shape index (κ1) is 19.6. The van der Waals surface area contributed by atoms with Crippen molar-refractivity contribution in [3.05, 3.63) is 99.7 Å². The maximum Gasteiger partial charge on any atom is 0.282 e. The quantitative estimate of drug-likeness (QED) is 0.531. The van der Waals surface area contributed by atoms with Gasteiger partial charge < -0.3 is 4.90 Å². The Morgan fingerprint density at radius 3 is 2.32 bits per heavy atom. The van der Waals surface area contributed by atoms with Gasteiger partial charge in [0.15, 0.2) is 0 Å². The molecular weight excluding hydrogens is 408 g/mol. The van der Waals surface area contributed by atoms with Crippen molar-refractivity contribution in [2.45, 2.75) is 20.3 Å². The topological polar surface area (TPSA) is 40.6 Å². The predicted molar refractivity (Wildman–Crippen MR) is 124 cm³/mol. The Balaban J connectivity index is 1.68. The normalized spacial score (nSPS) is 15.8. The molecule has 0 radical (unpaired) electrons. The first-order valence-corrected chi connectivity index (χ1v) is 10.6. The van der Waals surface area contributed by atoms with Crippen LogP contribution in [0.2, 0.25) is 5.02 Å². The van der Waals surface area contributed by atoms with Crippen LogP contribution in [0.15, 0.2) is 72.4 Å². The van der Waals surface area contributed by atoms with E-state index in [1.165, 1.54) is 10.5 Å². The van der Waals surface area contributed by atoms with Crippen LogP contribution in [0.3, 0.4) is 0 Å². The van der Waals surface area contributed by atoms with Crippen molar-refractivity contribution in [1.82, 2.24) is 0 Å². The molecule has 2 aliphatic rings. The average Bonchev–Trinajstić information content (AvgIpc) is 3.29. The highest BCUT2D eigenvalue weighted by atomic mass is 35.5. The summed E-state index contributed by atoms with van der Waals surface area (Å²) in [7, 11) is 0. The number of benzene rings is 3. The van der Waals surface area contributed by atoms with Crippen LogP contribution in [0, 0.1) is 13.8 Å². The van der Waals surface area contributed by atoms with Crippen LogP contribution in [-0.4, -0.2) is 18.4 Å². The van der Waals surface area contributed by atoms with Crippen molar-refractivity contribution in [3.63, 3.8) is 0 Å². The standard InChI is InChI=1S/C26H21ClN2O2/c1-16-7-12-21(15-17(16)2)29-25(30)23(19-8-10-20(27)11-9-19)24(26(29)31)28-14-13-18-5-3-4-6-22(18)28/h3-12,15H,13-14H2,1-2H3. The van der Waals surface area contributed by atoms with Gasteiger partial charge in [0.2, 0.25) is 0 Å². The summed E-state index contributed by atoms with van der Waals surface area (Å²) in [5, 5.41) is 0.584. The van der Waals surface area contributed by atoms with Gasteiger partial charge >= 0.3 is 0 Å². The molecule has 4 nitrogen and oxygen atoms in total. The monoisotopic (exact) mass is 428 g/mol. The van der Waals surface area contributed by atoms with Crippen molar-refractivity contribution in [2.24, 2.45) is 0 Å². The minimum Gasteiger partial charge on any atom is -0.336 e. The van der Waals surface area contributed by atoms with Crippen molar-refractivity contribution >= 4 is 40.4 Å². The Kier molecular flexibility index (Phi) is 4.67. The molecule has 0 saturated heterocycles. The number of hydrogen-bond donors (Lipinski definition) is 0. The number of imide groups is 1. The van der Waals surface area contributed by atoms with E-state index in [9.17, 15) is 9.59 Å². The minimum atomic E-state index is -0.310. The SMILES string of the molecule is Cc1ccc(N2C(=O)C(c3ccc(Cl)cc3)=C(N3CCc4ccccc43)C2=O)cc1C. The molecule has 0 aromatic heterocycles. The highest BCUT2D eigenvalue weighted by Gasteiger charge is 2.44. The summed E-state index contributed by atoms with van der Waals surface area (Å²) in [5.74, 6) is -0.607. The number of para-hydroxylation sites is 1. The van der Waals surface area contributed by atoms with Crippen LogP contribution in [0.5, 0.6) is 0 Å². The number of fused-ring (bicyclic) bond motifs is 1. The second kappa shape index (κ2) is 7.40. The van der Waals surface area contributed by atoms with Gasteiger partial charge in [0.25, 0.3) is 11.8 Å². The van der Waals surface area contributed by atoms with E-state index >= 15 is 0 Å². The summed E-state index contributed by atoms with van der Waals surface area (Å²) in [4.78, 5) is 30.7. The van der Waals surface area contributed by atoms with Crippen molar-refractivity contribution in [1.29, 1.82) is 0 Å². The van der Waals surface area contributed by atoms with Gasteiger partial charge in [-0.1, -0.05) is 48.0 Å². The lowest BCUT2D eigenvalue weighted by Gasteiger charge is -2.22. The van der Waals surface area contributed by atoms with Gasteiger partial charge in [0, 0.05) is 17.3 Å². The lowest BCUT2D eigenvalue weighted by molar-refractivity contribution is -0.120. The number of amides is 2. The Bertz CT molecular complexity index is 1260. The van der Waals surface area contributed by atoms with Gasteiger partial charge in [0.1, 0.15) is 5.70 Å². The summed E-state index contributed by atoms with van der Waals surface area (Å²) in [6.07, 6.45) is 0.832. The fourth-order valence-electron chi connectivity index (χ4n) is 4.32. The zero-order chi connectivity index (χ0) is 21.7. The van der Waals surface area contributed by atoms with E-state index in [-0.39, 0.29) is 11.8 Å². The highest BCUT2D eigenvalue weighted by Crippen LogP contribution is 2.40. The fourth-order valence-corrected chi connectivity index (χ4v) is 4.44. The van der Waals surface area contributed by atoms with Gasteiger partial charge in [-0.3, -0.25) is 9.59 Å².